The summed E-state index contributed by atoms with van der Waals surface area (Å²) < 4.78 is 26.3. The Kier molecular flexibility index (Phi) is 6.30. The lowest BCUT2D eigenvalue weighted by molar-refractivity contribution is -0.117. The number of carbonyl (C=O) groups excluding carboxylic acids is 1. The molecular formula is C18H23N3O3S. The molecule has 0 atom stereocenters. The molecule has 1 amide bonds. The maximum Gasteiger partial charge on any atom is 0.240 e. The first-order chi connectivity index (χ1) is 11.8. The maximum absolute atomic E-state index is 12.2. The van der Waals surface area contributed by atoms with E-state index < -0.39 is 10.0 Å². The fraction of sp³-hybridized carbons (Fsp3) is 0.278. The van der Waals surface area contributed by atoms with Crippen LogP contribution in [0, 0.1) is 6.92 Å². The summed E-state index contributed by atoms with van der Waals surface area (Å²) in [4.78, 5) is 14.3. The summed E-state index contributed by atoms with van der Waals surface area (Å²) in [5.41, 5.74) is 2.20. The first-order valence-corrected chi connectivity index (χ1v) is 9.36. The Morgan fingerprint density at radius 2 is 1.80 bits per heavy atom. The SMILES string of the molecule is CNS(=O)(=O)c1cc(NC(=O)CN(C)Cc2ccccc2)ccc1C. The van der Waals surface area contributed by atoms with Crippen LogP contribution in [0.15, 0.2) is 53.4 Å². The lowest BCUT2D eigenvalue weighted by atomic mass is 10.2. The van der Waals surface area contributed by atoms with E-state index in [0.29, 0.717) is 17.8 Å². The molecule has 7 heteroatoms. The van der Waals surface area contributed by atoms with Gasteiger partial charge in [0.05, 0.1) is 11.4 Å². The van der Waals surface area contributed by atoms with Crippen molar-refractivity contribution in [1.29, 1.82) is 0 Å². The molecule has 0 aromatic heterocycles. The van der Waals surface area contributed by atoms with Gasteiger partial charge in [-0.1, -0.05) is 36.4 Å². The van der Waals surface area contributed by atoms with Crippen LogP contribution < -0.4 is 10.0 Å². The van der Waals surface area contributed by atoms with Gasteiger partial charge in [0.1, 0.15) is 0 Å². The number of benzene rings is 2. The summed E-state index contributed by atoms with van der Waals surface area (Å²) in [7, 11) is -0.343. The molecule has 0 bridgehead atoms. The van der Waals surface area contributed by atoms with Crippen LogP contribution in [0.1, 0.15) is 11.1 Å². The minimum Gasteiger partial charge on any atom is -0.325 e. The van der Waals surface area contributed by atoms with Crippen molar-refractivity contribution >= 4 is 21.6 Å². The van der Waals surface area contributed by atoms with E-state index in [2.05, 4.69) is 10.0 Å². The van der Waals surface area contributed by atoms with Crippen molar-refractivity contribution < 1.29 is 13.2 Å². The highest BCUT2D eigenvalue weighted by atomic mass is 32.2. The number of sulfonamides is 1. The summed E-state index contributed by atoms with van der Waals surface area (Å²) in [5.74, 6) is -0.199. The van der Waals surface area contributed by atoms with Gasteiger partial charge in [0.15, 0.2) is 0 Å². The molecule has 25 heavy (non-hydrogen) atoms. The minimum absolute atomic E-state index is 0.158. The largest absolute Gasteiger partial charge is 0.325 e. The van der Waals surface area contributed by atoms with Gasteiger partial charge in [-0.3, -0.25) is 9.69 Å². The molecule has 2 aromatic rings. The molecule has 0 spiro atoms. The molecule has 0 fully saturated rings. The third-order valence-corrected chi connectivity index (χ3v) is 5.30. The smallest absolute Gasteiger partial charge is 0.240 e. The number of hydrogen-bond acceptors (Lipinski definition) is 4. The van der Waals surface area contributed by atoms with Gasteiger partial charge in [-0.15, -0.1) is 0 Å². The van der Waals surface area contributed by atoms with Crippen LogP contribution in [0.4, 0.5) is 5.69 Å². The van der Waals surface area contributed by atoms with Crippen LogP contribution >= 0.6 is 0 Å². The van der Waals surface area contributed by atoms with E-state index in [1.807, 2.05) is 42.3 Å². The van der Waals surface area contributed by atoms with Gasteiger partial charge in [-0.2, -0.15) is 0 Å². The van der Waals surface area contributed by atoms with Gasteiger partial charge in [-0.25, -0.2) is 13.1 Å². The molecular weight excluding hydrogens is 338 g/mol. The fourth-order valence-electron chi connectivity index (χ4n) is 2.47. The van der Waals surface area contributed by atoms with Crippen LogP contribution in [0.3, 0.4) is 0 Å². The molecule has 2 rings (SSSR count). The zero-order valence-corrected chi connectivity index (χ0v) is 15.4. The second kappa shape index (κ2) is 8.24. The van der Waals surface area contributed by atoms with Crippen LogP contribution in [-0.4, -0.2) is 39.9 Å². The second-order valence-electron chi connectivity index (χ2n) is 5.89. The topological polar surface area (TPSA) is 78.5 Å². The highest BCUT2D eigenvalue weighted by Crippen LogP contribution is 2.20. The number of nitrogens with one attached hydrogen (secondary N) is 2. The predicted octanol–water partition coefficient (Wildman–Crippen LogP) is 1.97. The quantitative estimate of drug-likeness (QED) is 0.790. The first-order valence-electron chi connectivity index (χ1n) is 7.88. The number of rotatable bonds is 7. The lowest BCUT2D eigenvalue weighted by Crippen LogP contribution is -2.30. The van der Waals surface area contributed by atoms with Gasteiger partial charge in [0, 0.05) is 12.2 Å². The third-order valence-electron chi connectivity index (χ3n) is 3.74. The zero-order chi connectivity index (χ0) is 18.4. The third kappa shape index (κ3) is 5.38. The van der Waals surface area contributed by atoms with E-state index in [-0.39, 0.29) is 17.3 Å². The molecule has 0 saturated heterocycles. The highest BCUT2D eigenvalue weighted by Gasteiger charge is 2.16. The van der Waals surface area contributed by atoms with E-state index in [1.165, 1.54) is 13.1 Å². The summed E-state index contributed by atoms with van der Waals surface area (Å²) in [6.07, 6.45) is 0. The number of hydrogen-bond donors (Lipinski definition) is 2. The van der Waals surface area contributed by atoms with E-state index in [1.54, 1.807) is 19.1 Å². The van der Waals surface area contributed by atoms with Crippen molar-refractivity contribution in [2.75, 3.05) is 26.0 Å². The molecule has 0 heterocycles. The monoisotopic (exact) mass is 361 g/mol. The summed E-state index contributed by atoms with van der Waals surface area (Å²) in [6, 6.07) is 14.7. The Bertz CT molecular complexity index is 836. The molecule has 0 radical (unpaired) electrons. The van der Waals surface area contributed by atoms with E-state index in [4.69, 9.17) is 0 Å². The lowest BCUT2D eigenvalue weighted by Gasteiger charge is -2.17. The zero-order valence-electron chi connectivity index (χ0n) is 14.6. The minimum atomic E-state index is -3.56. The summed E-state index contributed by atoms with van der Waals surface area (Å²) >= 11 is 0. The van der Waals surface area contributed by atoms with Gasteiger partial charge < -0.3 is 5.32 Å². The van der Waals surface area contributed by atoms with Crippen LogP contribution in [0.25, 0.3) is 0 Å². The van der Waals surface area contributed by atoms with Crippen molar-refractivity contribution in [3.05, 3.63) is 59.7 Å². The first kappa shape index (κ1) is 19.1. The molecule has 0 saturated carbocycles. The molecule has 0 aliphatic carbocycles. The van der Waals surface area contributed by atoms with Gasteiger partial charge in [0.25, 0.3) is 0 Å². The average molecular weight is 361 g/mol. The number of amides is 1. The second-order valence-corrected chi connectivity index (χ2v) is 7.75. The van der Waals surface area contributed by atoms with Crippen molar-refractivity contribution in [2.24, 2.45) is 0 Å². The van der Waals surface area contributed by atoms with Crippen molar-refractivity contribution in [2.45, 2.75) is 18.4 Å². The molecule has 0 unspecified atom stereocenters. The number of carbonyl (C=O) groups is 1. The number of likely N-dealkylation sites (N-methyl/N-ethyl adjacent to an activating group) is 1. The Balaban J connectivity index is 2.02. The Hall–Kier alpha value is -2.22. The molecule has 6 nitrogen and oxygen atoms in total. The van der Waals surface area contributed by atoms with Gasteiger partial charge in [-0.05, 0) is 44.3 Å². The molecule has 2 N–H and O–H groups in total. The van der Waals surface area contributed by atoms with Gasteiger partial charge in [0.2, 0.25) is 15.9 Å². The molecule has 134 valence electrons. The maximum atomic E-state index is 12.2. The number of anilines is 1. The average Bonchev–Trinajstić information content (AvgIpc) is 2.57. The Labute approximate surface area is 148 Å². The summed E-state index contributed by atoms with van der Waals surface area (Å²) in [6.45, 7) is 2.57. The summed E-state index contributed by atoms with van der Waals surface area (Å²) in [5, 5.41) is 2.75. The normalized spacial score (nSPS) is 11.5. The van der Waals surface area contributed by atoms with Crippen LogP contribution in [0.2, 0.25) is 0 Å². The van der Waals surface area contributed by atoms with Gasteiger partial charge >= 0.3 is 0 Å². The Morgan fingerprint density at radius 3 is 2.44 bits per heavy atom. The van der Waals surface area contributed by atoms with Crippen molar-refractivity contribution in [1.82, 2.24) is 9.62 Å². The number of aryl methyl sites for hydroxylation is 1. The predicted molar refractivity (Wildman–Crippen MR) is 98.8 cm³/mol. The Morgan fingerprint density at radius 1 is 1.12 bits per heavy atom. The molecule has 0 aliphatic rings. The standard InChI is InChI=1S/C18H23N3O3S/c1-14-9-10-16(11-17(14)25(23,24)19-2)20-18(22)13-21(3)12-15-7-5-4-6-8-15/h4-11,19H,12-13H2,1-3H3,(H,20,22). The van der Waals surface area contributed by atoms with E-state index in [9.17, 15) is 13.2 Å². The van der Waals surface area contributed by atoms with Crippen molar-refractivity contribution in [3.63, 3.8) is 0 Å². The van der Waals surface area contributed by atoms with E-state index >= 15 is 0 Å². The molecule has 0 aliphatic heterocycles. The fourth-order valence-corrected chi connectivity index (χ4v) is 3.47. The van der Waals surface area contributed by atoms with Crippen LogP contribution in [-0.2, 0) is 21.4 Å². The number of nitrogens with zero attached hydrogens (tertiary/aromatic N) is 1. The molecule has 2 aromatic carbocycles. The van der Waals surface area contributed by atoms with Crippen LogP contribution in [0.5, 0.6) is 0 Å². The highest BCUT2D eigenvalue weighted by molar-refractivity contribution is 7.89. The van der Waals surface area contributed by atoms with E-state index in [0.717, 1.165) is 5.56 Å². The van der Waals surface area contributed by atoms with Crippen molar-refractivity contribution in [3.8, 4) is 0 Å².